The Labute approximate surface area is 132 Å². The van der Waals surface area contributed by atoms with E-state index >= 15 is 0 Å². The van der Waals surface area contributed by atoms with Crippen LogP contribution < -0.4 is 11.1 Å². The second-order valence-corrected chi connectivity index (χ2v) is 5.32. The Morgan fingerprint density at radius 1 is 1.39 bits per heavy atom. The summed E-state index contributed by atoms with van der Waals surface area (Å²) in [5.41, 5.74) is 7.87. The summed E-state index contributed by atoms with van der Waals surface area (Å²) >= 11 is 0. The number of aryl methyl sites for hydroxylation is 1. The van der Waals surface area contributed by atoms with Gasteiger partial charge in [0.05, 0.1) is 24.2 Å². The van der Waals surface area contributed by atoms with Gasteiger partial charge in [-0.05, 0) is 24.3 Å². The third-order valence-corrected chi connectivity index (χ3v) is 3.58. The van der Waals surface area contributed by atoms with Crippen LogP contribution in [0.25, 0.3) is 5.69 Å². The van der Waals surface area contributed by atoms with Crippen LogP contribution in [0.1, 0.15) is 18.5 Å². The fourth-order valence-corrected chi connectivity index (χ4v) is 2.30. The summed E-state index contributed by atoms with van der Waals surface area (Å²) in [6.07, 6.45) is 2.98. The lowest BCUT2D eigenvalue weighted by atomic mass is 10.2. The summed E-state index contributed by atoms with van der Waals surface area (Å²) in [5.74, 6) is -0.566. The standard InChI is InChI=1S/C15H17N5O3/c16-10-1-4-12(5-2-10)20-9-11(18-19-20)3-6-14(21)17-13-7-8-23-15(13)22/h1-2,4-5,9,13H,3,6-8,16H2,(H,17,21)/t13-/m0/s1. The van der Waals surface area contributed by atoms with Crippen LogP contribution in [0.5, 0.6) is 0 Å². The van der Waals surface area contributed by atoms with Gasteiger partial charge in [-0.1, -0.05) is 5.21 Å². The van der Waals surface area contributed by atoms with Crippen LogP contribution >= 0.6 is 0 Å². The van der Waals surface area contributed by atoms with E-state index in [2.05, 4.69) is 15.6 Å². The highest BCUT2D eigenvalue weighted by molar-refractivity contribution is 5.85. The number of hydrogen-bond acceptors (Lipinski definition) is 6. The van der Waals surface area contributed by atoms with Gasteiger partial charge < -0.3 is 15.8 Å². The molecular formula is C15H17N5O3. The first-order chi connectivity index (χ1) is 11.1. The highest BCUT2D eigenvalue weighted by Crippen LogP contribution is 2.11. The molecule has 1 fully saturated rings. The molecule has 1 atom stereocenters. The number of hydrogen-bond donors (Lipinski definition) is 2. The molecule has 120 valence electrons. The van der Waals surface area contributed by atoms with Gasteiger partial charge in [-0.3, -0.25) is 4.79 Å². The van der Waals surface area contributed by atoms with Crippen molar-refractivity contribution >= 4 is 17.6 Å². The molecule has 0 bridgehead atoms. The van der Waals surface area contributed by atoms with Gasteiger partial charge >= 0.3 is 5.97 Å². The van der Waals surface area contributed by atoms with Crippen LogP contribution in [-0.4, -0.2) is 39.5 Å². The number of cyclic esters (lactones) is 1. The number of nitrogen functional groups attached to an aromatic ring is 1. The maximum absolute atomic E-state index is 11.8. The number of amides is 1. The zero-order chi connectivity index (χ0) is 16.2. The van der Waals surface area contributed by atoms with Crippen molar-refractivity contribution < 1.29 is 14.3 Å². The first-order valence-electron chi connectivity index (χ1n) is 7.35. The molecule has 1 aliphatic heterocycles. The van der Waals surface area contributed by atoms with Crippen LogP contribution in [0.4, 0.5) is 5.69 Å². The number of carbonyl (C=O) groups excluding carboxylic acids is 2. The Morgan fingerprint density at radius 3 is 2.87 bits per heavy atom. The molecule has 3 N–H and O–H groups in total. The average molecular weight is 315 g/mol. The number of nitrogens with two attached hydrogens (primary N) is 1. The van der Waals surface area contributed by atoms with Crippen molar-refractivity contribution in [3.63, 3.8) is 0 Å². The average Bonchev–Trinajstić information content (AvgIpc) is 3.16. The minimum absolute atomic E-state index is 0.198. The summed E-state index contributed by atoms with van der Waals surface area (Å²) in [5, 5.41) is 10.7. The van der Waals surface area contributed by atoms with Crippen molar-refractivity contribution in [3.8, 4) is 5.69 Å². The summed E-state index contributed by atoms with van der Waals surface area (Å²) in [7, 11) is 0. The minimum atomic E-state index is -0.520. The Morgan fingerprint density at radius 2 is 2.17 bits per heavy atom. The predicted octanol–water partition coefficient (Wildman–Crippen LogP) is 0.214. The SMILES string of the molecule is Nc1ccc(-n2cc(CCC(=O)N[C@H]3CCOC3=O)nn2)cc1. The molecule has 0 aliphatic carbocycles. The maximum Gasteiger partial charge on any atom is 0.328 e. The van der Waals surface area contributed by atoms with Crippen LogP contribution in [0.3, 0.4) is 0 Å². The van der Waals surface area contributed by atoms with E-state index in [0.29, 0.717) is 30.8 Å². The zero-order valence-corrected chi connectivity index (χ0v) is 12.4. The topological polar surface area (TPSA) is 112 Å². The monoisotopic (exact) mass is 315 g/mol. The molecule has 2 aromatic rings. The molecule has 2 heterocycles. The van der Waals surface area contributed by atoms with Crippen molar-refractivity contribution in [1.29, 1.82) is 0 Å². The Balaban J connectivity index is 1.53. The van der Waals surface area contributed by atoms with E-state index in [1.54, 1.807) is 23.0 Å². The largest absolute Gasteiger partial charge is 0.464 e. The number of anilines is 1. The van der Waals surface area contributed by atoms with Crippen molar-refractivity contribution in [3.05, 3.63) is 36.2 Å². The van der Waals surface area contributed by atoms with E-state index in [4.69, 9.17) is 10.5 Å². The predicted molar refractivity (Wildman–Crippen MR) is 81.6 cm³/mol. The summed E-state index contributed by atoms with van der Waals surface area (Å²) in [6.45, 7) is 0.361. The normalized spacial score (nSPS) is 17.0. The van der Waals surface area contributed by atoms with E-state index < -0.39 is 6.04 Å². The molecule has 1 aromatic carbocycles. The number of nitrogens with one attached hydrogen (secondary N) is 1. The van der Waals surface area contributed by atoms with Gasteiger partial charge in [0, 0.05) is 24.9 Å². The second-order valence-electron chi connectivity index (χ2n) is 5.32. The van der Waals surface area contributed by atoms with E-state index in [1.165, 1.54) is 0 Å². The third kappa shape index (κ3) is 3.65. The van der Waals surface area contributed by atoms with Gasteiger partial charge in [0.2, 0.25) is 5.91 Å². The van der Waals surface area contributed by atoms with E-state index in [-0.39, 0.29) is 18.3 Å². The molecular weight excluding hydrogens is 298 g/mol. The molecule has 1 amide bonds. The first kappa shape index (κ1) is 15.0. The van der Waals surface area contributed by atoms with Crippen molar-refractivity contribution in [2.75, 3.05) is 12.3 Å². The van der Waals surface area contributed by atoms with Crippen molar-refractivity contribution in [2.45, 2.75) is 25.3 Å². The van der Waals surface area contributed by atoms with Gasteiger partial charge in [0.15, 0.2) is 0 Å². The maximum atomic E-state index is 11.8. The smallest absolute Gasteiger partial charge is 0.328 e. The fourth-order valence-electron chi connectivity index (χ4n) is 2.30. The summed E-state index contributed by atoms with van der Waals surface area (Å²) < 4.78 is 6.43. The van der Waals surface area contributed by atoms with Gasteiger partial charge in [0.1, 0.15) is 6.04 Å². The summed E-state index contributed by atoms with van der Waals surface area (Å²) in [6, 6.07) is 6.72. The van der Waals surface area contributed by atoms with Crippen LogP contribution in [0, 0.1) is 0 Å². The zero-order valence-electron chi connectivity index (χ0n) is 12.4. The Kier molecular flexibility index (Phi) is 4.22. The van der Waals surface area contributed by atoms with Gasteiger partial charge in [-0.15, -0.1) is 5.10 Å². The van der Waals surface area contributed by atoms with Crippen molar-refractivity contribution in [1.82, 2.24) is 20.3 Å². The second kappa shape index (κ2) is 6.47. The first-order valence-corrected chi connectivity index (χ1v) is 7.35. The fraction of sp³-hybridized carbons (Fsp3) is 0.333. The molecule has 1 aromatic heterocycles. The van der Waals surface area contributed by atoms with Crippen molar-refractivity contribution in [2.24, 2.45) is 0 Å². The molecule has 23 heavy (non-hydrogen) atoms. The number of carbonyl (C=O) groups is 2. The lowest BCUT2D eigenvalue weighted by molar-refractivity contribution is -0.141. The molecule has 8 heteroatoms. The third-order valence-electron chi connectivity index (χ3n) is 3.58. The number of aromatic nitrogens is 3. The number of ether oxygens (including phenoxy) is 1. The van der Waals surface area contributed by atoms with E-state index in [1.807, 2.05) is 12.1 Å². The Hall–Kier alpha value is -2.90. The van der Waals surface area contributed by atoms with Gasteiger partial charge in [-0.25, -0.2) is 9.48 Å². The molecule has 1 aliphatic rings. The minimum Gasteiger partial charge on any atom is -0.464 e. The lowest BCUT2D eigenvalue weighted by Crippen LogP contribution is -2.38. The summed E-state index contributed by atoms with van der Waals surface area (Å²) in [4.78, 5) is 23.1. The molecule has 0 radical (unpaired) electrons. The quantitative estimate of drug-likeness (QED) is 0.603. The highest BCUT2D eigenvalue weighted by Gasteiger charge is 2.27. The number of esters is 1. The van der Waals surface area contributed by atoms with Crippen LogP contribution in [0.15, 0.2) is 30.5 Å². The number of nitrogens with zero attached hydrogens (tertiary/aromatic N) is 3. The van der Waals surface area contributed by atoms with Crippen LogP contribution in [-0.2, 0) is 20.7 Å². The molecule has 1 saturated heterocycles. The highest BCUT2D eigenvalue weighted by atomic mass is 16.5. The van der Waals surface area contributed by atoms with Gasteiger partial charge in [-0.2, -0.15) is 0 Å². The molecule has 0 unspecified atom stereocenters. The molecule has 0 spiro atoms. The van der Waals surface area contributed by atoms with E-state index in [0.717, 1.165) is 5.69 Å². The number of rotatable bonds is 5. The number of benzene rings is 1. The molecule has 8 nitrogen and oxygen atoms in total. The molecule has 0 saturated carbocycles. The van der Waals surface area contributed by atoms with Crippen LogP contribution in [0.2, 0.25) is 0 Å². The van der Waals surface area contributed by atoms with E-state index in [9.17, 15) is 9.59 Å². The molecule has 3 rings (SSSR count). The lowest BCUT2D eigenvalue weighted by Gasteiger charge is -2.07. The van der Waals surface area contributed by atoms with Gasteiger partial charge in [0.25, 0.3) is 0 Å². The Bertz CT molecular complexity index is 710.